The Morgan fingerprint density at radius 3 is 1.93 bits per heavy atom. The Morgan fingerprint density at radius 1 is 0.907 bits per heavy atom. The number of unbranched alkanes of at least 4 members (excludes halogenated alkanes) is 13. The summed E-state index contributed by atoms with van der Waals surface area (Å²) in [6.45, 7) is 5.40. The molecule has 10 heteroatoms. The third kappa shape index (κ3) is 13.4. The molecule has 3 unspecified atom stereocenters. The lowest BCUT2D eigenvalue weighted by Crippen LogP contribution is -2.54. The molecule has 1 saturated heterocycles. The Morgan fingerprint density at radius 2 is 1.42 bits per heavy atom. The second-order valence-corrected chi connectivity index (χ2v) is 15.6. The van der Waals surface area contributed by atoms with E-state index in [9.17, 15) is 19.1 Å². The summed E-state index contributed by atoms with van der Waals surface area (Å²) in [4.78, 5) is 34.0. The Kier molecular flexibility index (Phi) is 17.9. The van der Waals surface area contributed by atoms with Crippen molar-refractivity contribution in [2.75, 3.05) is 39.6 Å². The van der Waals surface area contributed by atoms with E-state index in [0.29, 0.717) is 36.4 Å². The van der Waals surface area contributed by atoms with E-state index in [1.54, 1.807) is 0 Å². The monoisotopic (exact) mass is 643 g/mol. The summed E-state index contributed by atoms with van der Waals surface area (Å²) in [6, 6.07) is 9.41. The SMILES string of the molecule is CCCCCCCCCCCCCCCCOCCCC(OP(=O)([O-])O)=S1CC[N+](C)(C)C1(OC(C)=O)c1ccccc1. The number of benzene rings is 1. The summed E-state index contributed by atoms with van der Waals surface area (Å²) in [5, 5.41) is -0.929. The molecule has 0 aliphatic carbocycles. The van der Waals surface area contributed by atoms with Crippen LogP contribution < -0.4 is 4.89 Å². The maximum atomic E-state index is 12.4. The van der Waals surface area contributed by atoms with Crippen molar-refractivity contribution in [3.63, 3.8) is 0 Å². The molecule has 1 fully saturated rings. The fraction of sp³-hybridized carbons (Fsp3) is 0.758. The van der Waals surface area contributed by atoms with Crippen LogP contribution in [0.2, 0.25) is 0 Å². The molecule has 3 atom stereocenters. The summed E-state index contributed by atoms with van der Waals surface area (Å²) in [5.41, 5.74) is 0.768. The van der Waals surface area contributed by atoms with Crippen LogP contribution in [0.25, 0.3) is 0 Å². The highest BCUT2D eigenvalue weighted by molar-refractivity contribution is 8.16. The molecule has 0 saturated carbocycles. The van der Waals surface area contributed by atoms with E-state index in [4.69, 9.17) is 14.0 Å². The van der Waals surface area contributed by atoms with Gasteiger partial charge in [-0.25, -0.2) is 0 Å². The Labute approximate surface area is 263 Å². The van der Waals surface area contributed by atoms with Gasteiger partial charge >= 0.3 is 11.0 Å². The first-order valence-corrected chi connectivity index (χ1v) is 19.4. The number of quaternary nitrogens is 1. The van der Waals surface area contributed by atoms with Crippen LogP contribution in [-0.2, 0) is 28.4 Å². The molecule has 1 aromatic carbocycles. The Bertz CT molecular complexity index is 1010. The van der Waals surface area contributed by atoms with Crippen molar-refractivity contribution in [1.82, 2.24) is 0 Å². The van der Waals surface area contributed by atoms with Crippen molar-refractivity contribution < 1.29 is 37.6 Å². The van der Waals surface area contributed by atoms with Crippen LogP contribution in [0.1, 0.15) is 122 Å². The van der Waals surface area contributed by atoms with Gasteiger partial charge in [-0.3, -0.25) is 18.4 Å². The van der Waals surface area contributed by atoms with Crippen molar-refractivity contribution in [2.24, 2.45) is 0 Å². The molecule has 1 aliphatic rings. The van der Waals surface area contributed by atoms with Crippen LogP contribution >= 0.6 is 18.3 Å². The predicted molar refractivity (Wildman–Crippen MR) is 176 cm³/mol. The lowest BCUT2D eigenvalue weighted by molar-refractivity contribution is -0.947. The highest BCUT2D eigenvalue weighted by Gasteiger charge is 2.59. The molecular weight excluding hydrogens is 585 g/mol. The highest BCUT2D eigenvalue weighted by atomic mass is 32.2. The average molecular weight is 644 g/mol. The third-order valence-corrected chi connectivity index (χ3v) is 11.7. The van der Waals surface area contributed by atoms with Crippen LogP contribution in [0.3, 0.4) is 0 Å². The maximum absolute atomic E-state index is 12.4. The summed E-state index contributed by atoms with van der Waals surface area (Å²) in [7, 11) is -2.06. The van der Waals surface area contributed by atoms with Crippen molar-refractivity contribution >= 4 is 29.3 Å². The van der Waals surface area contributed by atoms with E-state index >= 15 is 0 Å². The van der Waals surface area contributed by atoms with E-state index in [-0.39, 0.29) is 11.5 Å². The minimum absolute atomic E-state index is 0.231. The van der Waals surface area contributed by atoms with Crippen LogP contribution in [-0.4, -0.2) is 60.0 Å². The summed E-state index contributed by atoms with van der Waals surface area (Å²) in [6.07, 6.45) is 19.2. The molecule has 0 spiro atoms. The number of esters is 1. The second-order valence-electron chi connectivity index (χ2n) is 12.3. The number of nitrogens with zero attached hydrogens (tertiary/aromatic N) is 1. The third-order valence-electron chi connectivity index (χ3n) is 8.21. The van der Waals surface area contributed by atoms with E-state index in [1.807, 2.05) is 44.4 Å². The minimum atomic E-state index is -5.06. The molecule has 2 rings (SSSR count). The zero-order valence-corrected chi connectivity index (χ0v) is 28.9. The molecular formula is C33H58NO7PS. The molecule has 0 radical (unpaired) electrons. The topological polar surface area (TPSA) is 105 Å². The first-order valence-electron chi connectivity index (χ1n) is 16.5. The number of ether oxygens (including phenoxy) is 2. The molecule has 248 valence electrons. The first kappa shape index (κ1) is 38.1. The van der Waals surface area contributed by atoms with E-state index in [1.165, 1.54) is 84.0 Å². The number of carbonyl (C=O) groups excluding carboxylic acids is 1. The van der Waals surface area contributed by atoms with Crippen molar-refractivity contribution in [3.8, 4) is 0 Å². The zero-order chi connectivity index (χ0) is 31.6. The predicted octanol–water partition coefficient (Wildman–Crippen LogP) is 7.60. The van der Waals surface area contributed by atoms with Gasteiger partial charge in [0.05, 0.1) is 31.3 Å². The van der Waals surface area contributed by atoms with Gasteiger partial charge in [-0.05, 0) is 35.5 Å². The standard InChI is InChI=1S/C33H58NO7PS/c1-5-6-7-8-9-10-11-12-13-14-15-16-17-21-27-39-28-22-25-32(41-42(36,37)38)43-29-26-34(3,4)33(43,40-30(2)35)31-23-19-18-20-24-31/h18-20,23-24H,5-17,21-22,25-29H2,1-4H3,(H-,36,37,38). The number of carbonyl (C=O) groups is 1. The van der Waals surface area contributed by atoms with Crippen molar-refractivity contribution in [1.29, 1.82) is 0 Å². The number of hydrogen-bond acceptors (Lipinski definition) is 6. The summed E-state index contributed by atoms with van der Waals surface area (Å²) in [5.74, 6) is 0.101. The number of phosphoric acid groups is 1. The highest BCUT2D eigenvalue weighted by Crippen LogP contribution is 2.56. The van der Waals surface area contributed by atoms with Gasteiger partial charge in [0.1, 0.15) is 0 Å². The number of hydrogen-bond donors (Lipinski definition) is 1. The largest absolute Gasteiger partial charge is 0.756 e. The van der Waals surface area contributed by atoms with Crippen molar-refractivity contribution in [3.05, 3.63) is 35.9 Å². The van der Waals surface area contributed by atoms with E-state index in [0.717, 1.165) is 18.4 Å². The summed E-state index contributed by atoms with van der Waals surface area (Å²) < 4.78 is 29.4. The molecule has 43 heavy (non-hydrogen) atoms. The van der Waals surface area contributed by atoms with Gasteiger partial charge in [0, 0.05) is 32.3 Å². The van der Waals surface area contributed by atoms with Gasteiger partial charge in [-0.1, -0.05) is 109 Å². The van der Waals surface area contributed by atoms with Gasteiger partial charge in [0.15, 0.2) is 0 Å². The quantitative estimate of drug-likeness (QED) is 0.0456. The van der Waals surface area contributed by atoms with Crippen LogP contribution in [0, 0.1) is 0 Å². The van der Waals surface area contributed by atoms with Gasteiger partial charge in [-0.15, -0.1) is 0 Å². The zero-order valence-electron chi connectivity index (χ0n) is 27.2. The van der Waals surface area contributed by atoms with E-state index in [2.05, 4.69) is 6.92 Å². The van der Waals surface area contributed by atoms with Gasteiger partial charge < -0.3 is 19.3 Å². The second kappa shape index (κ2) is 20.1. The average Bonchev–Trinajstić information content (AvgIpc) is 3.21. The van der Waals surface area contributed by atoms with E-state index < -0.39 is 29.3 Å². The molecule has 1 heterocycles. The molecule has 8 nitrogen and oxygen atoms in total. The molecule has 0 amide bonds. The van der Waals surface area contributed by atoms with Gasteiger partial charge in [-0.2, -0.15) is 0 Å². The maximum Gasteiger partial charge on any atom is 0.319 e. The normalized spacial score (nSPS) is 21.4. The molecule has 1 aliphatic heterocycles. The lowest BCUT2D eigenvalue weighted by atomic mass is 10.0. The van der Waals surface area contributed by atoms with Crippen LogP contribution in [0.4, 0.5) is 0 Å². The van der Waals surface area contributed by atoms with Crippen LogP contribution in [0.15, 0.2) is 30.3 Å². The molecule has 0 aromatic heterocycles. The lowest BCUT2D eigenvalue weighted by Gasteiger charge is -2.43. The number of rotatable bonds is 22. The summed E-state index contributed by atoms with van der Waals surface area (Å²) >= 11 is 0. The van der Waals surface area contributed by atoms with Gasteiger partial charge in [0.25, 0.3) is 7.82 Å². The molecule has 1 aromatic rings. The van der Waals surface area contributed by atoms with Crippen LogP contribution in [0.5, 0.6) is 0 Å². The fourth-order valence-electron chi connectivity index (χ4n) is 5.90. The fourth-order valence-corrected chi connectivity index (χ4v) is 10.1. The minimum Gasteiger partial charge on any atom is -0.756 e. The Balaban J connectivity index is 1.81. The van der Waals surface area contributed by atoms with Crippen molar-refractivity contribution in [2.45, 2.75) is 122 Å². The molecule has 0 bridgehead atoms. The smallest absolute Gasteiger partial charge is 0.319 e. The molecule has 1 N–H and O–H groups in total. The Hall–Kier alpha value is -1.06. The number of phosphoric ester groups is 1. The van der Waals surface area contributed by atoms with Gasteiger partial charge in [0.2, 0.25) is 0 Å². The first-order chi connectivity index (χ1) is 20.5.